The Hall–Kier alpha value is -0.120. The van der Waals surface area contributed by atoms with Crippen molar-refractivity contribution >= 4 is 0 Å². The fraction of sp³-hybridized carbons (Fsp3) is 1.00. The van der Waals surface area contributed by atoms with E-state index in [1.54, 1.807) is 7.11 Å². The van der Waals surface area contributed by atoms with Crippen molar-refractivity contribution < 1.29 is 9.47 Å². The zero-order chi connectivity index (χ0) is 8.39. The van der Waals surface area contributed by atoms with E-state index in [0.29, 0.717) is 18.2 Å². The maximum atomic E-state index is 5.66. The number of morpholine rings is 1. The van der Waals surface area contributed by atoms with E-state index in [-0.39, 0.29) is 0 Å². The molecule has 1 N–H and O–H groups in total. The molecule has 3 atom stereocenters. The Kier molecular flexibility index (Phi) is 2.63. The van der Waals surface area contributed by atoms with Gasteiger partial charge in [0.2, 0.25) is 0 Å². The average Bonchev–Trinajstić information content (AvgIpc) is 2.17. The first-order chi connectivity index (χ1) is 5.90. The summed E-state index contributed by atoms with van der Waals surface area (Å²) in [5.74, 6) is 0. The topological polar surface area (TPSA) is 30.5 Å². The lowest BCUT2D eigenvalue weighted by Gasteiger charge is -2.39. The summed E-state index contributed by atoms with van der Waals surface area (Å²) in [6.45, 7) is 1.87. The largest absolute Gasteiger partial charge is 0.381 e. The van der Waals surface area contributed by atoms with Gasteiger partial charge in [-0.2, -0.15) is 0 Å². The molecule has 12 heavy (non-hydrogen) atoms. The minimum Gasteiger partial charge on any atom is -0.381 e. The quantitative estimate of drug-likeness (QED) is 0.624. The summed E-state index contributed by atoms with van der Waals surface area (Å²) in [5.41, 5.74) is 0. The number of nitrogens with one attached hydrogen (secondary N) is 1. The maximum absolute atomic E-state index is 5.66. The lowest BCUT2D eigenvalue weighted by Crippen LogP contribution is -2.52. The van der Waals surface area contributed by atoms with Gasteiger partial charge in [0.15, 0.2) is 0 Å². The van der Waals surface area contributed by atoms with Crippen molar-refractivity contribution in [2.45, 2.75) is 37.5 Å². The summed E-state index contributed by atoms with van der Waals surface area (Å²) in [7, 11) is 1.80. The van der Waals surface area contributed by atoms with E-state index >= 15 is 0 Å². The average molecular weight is 171 g/mol. The van der Waals surface area contributed by atoms with E-state index in [2.05, 4.69) is 5.32 Å². The third-order valence-corrected chi connectivity index (χ3v) is 2.91. The van der Waals surface area contributed by atoms with Crippen LogP contribution >= 0.6 is 0 Å². The van der Waals surface area contributed by atoms with Crippen LogP contribution in [0.25, 0.3) is 0 Å². The third-order valence-electron chi connectivity index (χ3n) is 2.91. The molecule has 0 unspecified atom stereocenters. The van der Waals surface area contributed by atoms with E-state index in [9.17, 15) is 0 Å². The van der Waals surface area contributed by atoms with Gasteiger partial charge in [-0.05, 0) is 19.3 Å². The van der Waals surface area contributed by atoms with E-state index in [1.165, 1.54) is 0 Å². The second-order valence-corrected chi connectivity index (χ2v) is 3.64. The Labute approximate surface area is 73.4 Å². The molecule has 0 spiro atoms. The van der Waals surface area contributed by atoms with Crippen molar-refractivity contribution in [3.63, 3.8) is 0 Å². The van der Waals surface area contributed by atoms with E-state index in [0.717, 1.165) is 32.4 Å². The van der Waals surface area contributed by atoms with Gasteiger partial charge in [0.25, 0.3) is 0 Å². The number of methoxy groups -OCH3 is 1. The van der Waals surface area contributed by atoms with Crippen molar-refractivity contribution in [1.82, 2.24) is 5.32 Å². The molecule has 0 aromatic carbocycles. The summed E-state index contributed by atoms with van der Waals surface area (Å²) in [4.78, 5) is 0. The molecule has 0 radical (unpaired) electrons. The standard InChI is InChI=1S/C9H17NO2/c1-11-7-2-3-9-8(6-7)10-4-5-12-9/h7-10H,2-6H2,1H3/t7-,8+,9-/m0/s1. The van der Waals surface area contributed by atoms with Gasteiger partial charge in [-0.1, -0.05) is 0 Å². The first-order valence-electron chi connectivity index (χ1n) is 4.78. The van der Waals surface area contributed by atoms with Crippen molar-refractivity contribution in [2.24, 2.45) is 0 Å². The number of hydrogen-bond donors (Lipinski definition) is 1. The molecule has 3 heteroatoms. The molecule has 1 saturated carbocycles. The Bertz CT molecular complexity index is 151. The monoisotopic (exact) mass is 171 g/mol. The maximum Gasteiger partial charge on any atom is 0.0730 e. The molecule has 0 aromatic rings. The molecular formula is C9H17NO2. The summed E-state index contributed by atoms with van der Waals surface area (Å²) in [6.07, 6.45) is 4.31. The molecule has 0 bridgehead atoms. The van der Waals surface area contributed by atoms with Crippen LogP contribution in [0.1, 0.15) is 19.3 Å². The normalized spacial score (nSPS) is 42.2. The van der Waals surface area contributed by atoms with Crippen LogP contribution in [0.2, 0.25) is 0 Å². The van der Waals surface area contributed by atoms with E-state index in [1.807, 2.05) is 0 Å². The second kappa shape index (κ2) is 3.73. The fourth-order valence-electron chi connectivity index (χ4n) is 2.19. The number of rotatable bonds is 1. The molecule has 3 nitrogen and oxygen atoms in total. The van der Waals surface area contributed by atoms with E-state index in [4.69, 9.17) is 9.47 Å². The molecule has 1 saturated heterocycles. The van der Waals surface area contributed by atoms with Gasteiger partial charge < -0.3 is 14.8 Å². The zero-order valence-electron chi connectivity index (χ0n) is 7.58. The van der Waals surface area contributed by atoms with Crippen LogP contribution in [0, 0.1) is 0 Å². The SMILES string of the molecule is CO[C@H]1CC[C@@H]2OCCN[C@@H]2C1. The van der Waals surface area contributed by atoms with Crippen LogP contribution in [-0.2, 0) is 9.47 Å². The van der Waals surface area contributed by atoms with Gasteiger partial charge in [-0.25, -0.2) is 0 Å². The predicted molar refractivity (Wildman–Crippen MR) is 46.2 cm³/mol. The summed E-state index contributed by atoms with van der Waals surface area (Å²) < 4.78 is 11.0. The van der Waals surface area contributed by atoms with Crippen LogP contribution in [-0.4, -0.2) is 38.5 Å². The van der Waals surface area contributed by atoms with E-state index < -0.39 is 0 Å². The van der Waals surface area contributed by atoms with Gasteiger partial charge >= 0.3 is 0 Å². The van der Waals surface area contributed by atoms with Crippen LogP contribution in [0.3, 0.4) is 0 Å². The smallest absolute Gasteiger partial charge is 0.0730 e. The lowest BCUT2D eigenvalue weighted by atomic mass is 9.89. The molecule has 2 aliphatic rings. The summed E-state index contributed by atoms with van der Waals surface area (Å²) in [6, 6.07) is 0.539. The minimum atomic E-state index is 0.445. The van der Waals surface area contributed by atoms with Gasteiger partial charge in [0, 0.05) is 19.7 Å². The molecule has 2 fully saturated rings. The highest BCUT2D eigenvalue weighted by Crippen LogP contribution is 2.25. The molecule has 1 aliphatic carbocycles. The number of hydrogen-bond acceptors (Lipinski definition) is 3. The molecule has 2 rings (SSSR count). The van der Waals surface area contributed by atoms with Crippen molar-refractivity contribution in [3.05, 3.63) is 0 Å². The highest BCUT2D eigenvalue weighted by atomic mass is 16.5. The third kappa shape index (κ3) is 1.63. The molecule has 0 amide bonds. The Balaban J connectivity index is 1.90. The highest BCUT2D eigenvalue weighted by Gasteiger charge is 2.32. The highest BCUT2D eigenvalue weighted by molar-refractivity contribution is 4.88. The summed E-state index contributed by atoms with van der Waals surface area (Å²) >= 11 is 0. The molecular weight excluding hydrogens is 154 g/mol. The number of ether oxygens (including phenoxy) is 2. The van der Waals surface area contributed by atoms with Crippen LogP contribution < -0.4 is 5.32 Å². The van der Waals surface area contributed by atoms with Gasteiger partial charge in [0.05, 0.1) is 18.8 Å². The van der Waals surface area contributed by atoms with Gasteiger partial charge in [-0.15, -0.1) is 0 Å². The molecule has 1 aliphatic heterocycles. The zero-order valence-corrected chi connectivity index (χ0v) is 7.58. The second-order valence-electron chi connectivity index (χ2n) is 3.64. The molecule has 0 aromatic heterocycles. The first-order valence-corrected chi connectivity index (χ1v) is 4.78. The van der Waals surface area contributed by atoms with Crippen molar-refractivity contribution in [2.75, 3.05) is 20.3 Å². The molecule has 1 heterocycles. The van der Waals surface area contributed by atoms with Crippen LogP contribution in [0.4, 0.5) is 0 Å². The predicted octanol–water partition coefficient (Wildman–Crippen LogP) is 0.542. The number of fused-ring (bicyclic) bond motifs is 1. The van der Waals surface area contributed by atoms with Crippen molar-refractivity contribution in [1.29, 1.82) is 0 Å². The Morgan fingerprint density at radius 1 is 1.42 bits per heavy atom. The first kappa shape index (κ1) is 8.48. The van der Waals surface area contributed by atoms with Gasteiger partial charge in [-0.3, -0.25) is 0 Å². The van der Waals surface area contributed by atoms with Crippen LogP contribution in [0.15, 0.2) is 0 Å². The lowest BCUT2D eigenvalue weighted by molar-refractivity contribution is -0.0593. The Morgan fingerprint density at radius 3 is 3.17 bits per heavy atom. The minimum absolute atomic E-state index is 0.445. The summed E-state index contributed by atoms with van der Waals surface area (Å²) in [5, 5.41) is 3.48. The Morgan fingerprint density at radius 2 is 2.33 bits per heavy atom. The van der Waals surface area contributed by atoms with Crippen molar-refractivity contribution in [3.8, 4) is 0 Å². The van der Waals surface area contributed by atoms with Gasteiger partial charge in [0.1, 0.15) is 0 Å². The van der Waals surface area contributed by atoms with Crippen LogP contribution in [0.5, 0.6) is 0 Å². The molecule has 70 valence electrons. The fourth-order valence-corrected chi connectivity index (χ4v) is 2.19.